The normalized spacial score (nSPS) is 14.9. The van der Waals surface area contributed by atoms with E-state index in [9.17, 15) is 4.79 Å². The lowest BCUT2D eigenvalue weighted by molar-refractivity contribution is -0.130. The largest absolute Gasteiger partial charge is 0.368 e. The first-order valence-corrected chi connectivity index (χ1v) is 9.26. The summed E-state index contributed by atoms with van der Waals surface area (Å²) in [6.45, 7) is 6.01. The fourth-order valence-electron chi connectivity index (χ4n) is 2.97. The predicted octanol–water partition coefficient (Wildman–Crippen LogP) is 1.84. The third-order valence-electron chi connectivity index (χ3n) is 4.29. The average Bonchev–Trinajstić information content (AvgIpc) is 3.02. The fourth-order valence-corrected chi connectivity index (χ4v) is 3.79. The Labute approximate surface area is 147 Å². The maximum atomic E-state index is 12.5. The Bertz CT molecular complexity index is 692. The molecule has 0 spiro atoms. The molecule has 1 aromatic carbocycles. The number of aromatic nitrogens is 1. The van der Waals surface area contributed by atoms with E-state index in [-0.39, 0.29) is 5.91 Å². The third kappa shape index (κ3) is 4.13. The minimum atomic E-state index is 0.170. The van der Waals surface area contributed by atoms with Crippen molar-refractivity contribution in [1.29, 1.82) is 0 Å². The maximum Gasteiger partial charge on any atom is 0.228 e. The molecule has 2 aromatic rings. The monoisotopic (exact) mass is 344 g/mol. The van der Waals surface area contributed by atoms with Gasteiger partial charge >= 0.3 is 0 Å². The van der Waals surface area contributed by atoms with Gasteiger partial charge in [0.2, 0.25) is 5.91 Å². The number of carbonyl (C=O) groups excluding carboxylic acids is 1. The van der Waals surface area contributed by atoms with Gasteiger partial charge in [-0.1, -0.05) is 12.1 Å². The highest BCUT2D eigenvalue weighted by Gasteiger charge is 2.22. The third-order valence-corrected chi connectivity index (χ3v) is 5.25. The molecule has 0 aliphatic carbocycles. The smallest absolute Gasteiger partial charge is 0.228 e. The molecule has 0 bridgehead atoms. The molecule has 0 atom stereocenters. The molecule has 0 radical (unpaired) electrons. The summed E-state index contributed by atoms with van der Waals surface area (Å²) >= 11 is 1.59. The van der Waals surface area contributed by atoms with Crippen LogP contribution in [0.5, 0.6) is 0 Å². The summed E-state index contributed by atoms with van der Waals surface area (Å²) in [5.74, 6) is 0.170. The van der Waals surface area contributed by atoms with Gasteiger partial charge in [-0.3, -0.25) is 4.79 Å². The molecule has 1 amide bonds. The molecule has 5 nitrogen and oxygen atoms in total. The van der Waals surface area contributed by atoms with Crippen LogP contribution in [0.3, 0.4) is 0 Å². The van der Waals surface area contributed by atoms with E-state index in [4.69, 9.17) is 5.73 Å². The van der Waals surface area contributed by atoms with Crippen LogP contribution in [0.1, 0.15) is 16.3 Å². The Hall–Kier alpha value is -1.92. The number of hydrogen-bond acceptors (Lipinski definition) is 5. The molecule has 2 N–H and O–H groups in total. The first-order chi connectivity index (χ1) is 11.7. The Kier molecular flexibility index (Phi) is 5.48. The van der Waals surface area contributed by atoms with E-state index in [0.717, 1.165) is 43.3 Å². The van der Waals surface area contributed by atoms with E-state index in [2.05, 4.69) is 41.1 Å². The van der Waals surface area contributed by atoms with E-state index in [1.165, 1.54) is 11.3 Å². The van der Waals surface area contributed by atoms with E-state index < -0.39 is 0 Å². The lowest BCUT2D eigenvalue weighted by atomic mass is 10.2. The number of benzene rings is 1. The first-order valence-electron chi connectivity index (χ1n) is 8.38. The Balaban J connectivity index is 1.53. The van der Waals surface area contributed by atoms with Crippen molar-refractivity contribution in [2.45, 2.75) is 19.8 Å². The Morgan fingerprint density at radius 3 is 2.79 bits per heavy atom. The summed E-state index contributed by atoms with van der Waals surface area (Å²) in [6, 6.07) is 8.53. The number of anilines is 1. The minimum absolute atomic E-state index is 0.170. The number of amides is 1. The standard InChI is InChI=1S/C18H24N4OS/c1-14-3-2-4-16(11-14)21-7-9-22(10-8-21)18(23)12-15-13-24-17(20-15)5-6-19/h2-4,11,13H,5-10,12,19H2,1H3. The Morgan fingerprint density at radius 2 is 2.08 bits per heavy atom. The van der Waals surface area contributed by atoms with Crippen molar-refractivity contribution in [2.75, 3.05) is 37.6 Å². The maximum absolute atomic E-state index is 12.5. The quantitative estimate of drug-likeness (QED) is 0.899. The molecule has 2 heterocycles. The van der Waals surface area contributed by atoms with Crippen LogP contribution in [0.25, 0.3) is 0 Å². The Morgan fingerprint density at radius 1 is 1.29 bits per heavy atom. The van der Waals surface area contributed by atoms with Crippen molar-refractivity contribution in [1.82, 2.24) is 9.88 Å². The fraction of sp³-hybridized carbons (Fsp3) is 0.444. The second-order valence-electron chi connectivity index (χ2n) is 6.15. The molecular weight excluding hydrogens is 320 g/mol. The molecule has 24 heavy (non-hydrogen) atoms. The topological polar surface area (TPSA) is 62.5 Å². The van der Waals surface area contributed by atoms with Crippen LogP contribution >= 0.6 is 11.3 Å². The predicted molar refractivity (Wildman–Crippen MR) is 98.5 cm³/mol. The van der Waals surface area contributed by atoms with Crippen LogP contribution < -0.4 is 10.6 Å². The summed E-state index contributed by atoms with van der Waals surface area (Å²) < 4.78 is 0. The number of piperazine rings is 1. The molecule has 0 unspecified atom stereocenters. The van der Waals surface area contributed by atoms with Gasteiger partial charge in [0.05, 0.1) is 17.1 Å². The number of hydrogen-bond donors (Lipinski definition) is 1. The van der Waals surface area contributed by atoms with Gasteiger partial charge in [-0.15, -0.1) is 11.3 Å². The molecule has 1 saturated heterocycles. The first kappa shape index (κ1) is 16.9. The molecule has 0 saturated carbocycles. The van der Waals surface area contributed by atoms with Crippen molar-refractivity contribution in [3.63, 3.8) is 0 Å². The van der Waals surface area contributed by atoms with Gasteiger partial charge in [0, 0.05) is 43.7 Å². The zero-order chi connectivity index (χ0) is 16.9. The van der Waals surface area contributed by atoms with Gasteiger partial charge in [-0.05, 0) is 31.2 Å². The molecule has 3 rings (SSSR count). The highest BCUT2D eigenvalue weighted by atomic mass is 32.1. The molecule has 1 aliphatic rings. The summed E-state index contributed by atoms with van der Waals surface area (Å²) in [5, 5.41) is 3.00. The molecular formula is C18H24N4OS. The zero-order valence-corrected chi connectivity index (χ0v) is 14.9. The summed E-state index contributed by atoms with van der Waals surface area (Å²) in [5.41, 5.74) is 8.93. The van der Waals surface area contributed by atoms with Gasteiger partial charge < -0.3 is 15.5 Å². The van der Waals surface area contributed by atoms with Crippen LogP contribution in [0.15, 0.2) is 29.6 Å². The molecule has 1 aromatic heterocycles. The molecule has 1 fully saturated rings. The van der Waals surface area contributed by atoms with Crippen LogP contribution in [0.4, 0.5) is 5.69 Å². The van der Waals surface area contributed by atoms with Crippen LogP contribution in [0, 0.1) is 6.92 Å². The van der Waals surface area contributed by atoms with Gasteiger partial charge in [0.25, 0.3) is 0 Å². The summed E-state index contributed by atoms with van der Waals surface area (Å²) in [6.07, 6.45) is 1.18. The van der Waals surface area contributed by atoms with Crippen molar-refractivity contribution < 1.29 is 4.79 Å². The van der Waals surface area contributed by atoms with Crippen molar-refractivity contribution >= 4 is 22.9 Å². The van der Waals surface area contributed by atoms with Gasteiger partial charge in [0.15, 0.2) is 0 Å². The SMILES string of the molecule is Cc1cccc(N2CCN(C(=O)Cc3csc(CCN)n3)CC2)c1. The van der Waals surface area contributed by atoms with Gasteiger partial charge in [-0.2, -0.15) is 0 Å². The molecule has 6 heteroatoms. The van der Waals surface area contributed by atoms with Crippen molar-refractivity contribution in [2.24, 2.45) is 5.73 Å². The van der Waals surface area contributed by atoms with Gasteiger partial charge in [-0.25, -0.2) is 4.98 Å². The number of nitrogens with two attached hydrogens (primary N) is 1. The number of thiazole rings is 1. The van der Waals surface area contributed by atoms with Crippen molar-refractivity contribution in [3.8, 4) is 0 Å². The lowest BCUT2D eigenvalue weighted by Crippen LogP contribution is -2.49. The number of nitrogens with zero attached hydrogens (tertiary/aromatic N) is 3. The van der Waals surface area contributed by atoms with Crippen LogP contribution in [-0.4, -0.2) is 48.5 Å². The molecule has 1 aliphatic heterocycles. The molecule has 128 valence electrons. The highest BCUT2D eigenvalue weighted by molar-refractivity contribution is 7.09. The number of aryl methyl sites for hydroxylation is 1. The lowest BCUT2D eigenvalue weighted by Gasteiger charge is -2.36. The highest BCUT2D eigenvalue weighted by Crippen LogP contribution is 2.18. The second-order valence-corrected chi connectivity index (χ2v) is 7.10. The average molecular weight is 344 g/mol. The second kappa shape index (κ2) is 7.77. The van der Waals surface area contributed by atoms with E-state index in [1.54, 1.807) is 11.3 Å². The van der Waals surface area contributed by atoms with E-state index in [0.29, 0.717) is 13.0 Å². The van der Waals surface area contributed by atoms with Crippen LogP contribution in [-0.2, 0) is 17.6 Å². The summed E-state index contributed by atoms with van der Waals surface area (Å²) in [7, 11) is 0. The van der Waals surface area contributed by atoms with Crippen LogP contribution in [0.2, 0.25) is 0 Å². The summed E-state index contributed by atoms with van der Waals surface area (Å²) in [4.78, 5) is 21.3. The van der Waals surface area contributed by atoms with E-state index in [1.807, 2.05) is 10.3 Å². The van der Waals surface area contributed by atoms with Crippen molar-refractivity contribution in [3.05, 3.63) is 45.9 Å². The van der Waals surface area contributed by atoms with Gasteiger partial charge in [0.1, 0.15) is 0 Å². The number of carbonyl (C=O) groups is 1. The number of rotatable bonds is 5. The minimum Gasteiger partial charge on any atom is -0.368 e. The van der Waals surface area contributed by atoms with E-state index >= 15 is 0 Å². The zero-order valence-electron chi connectivity index (χ0n) is 14.1.